The third kappa shape index (κ3) is 6.34. The summed E-state index contributed by atoms with van der Waals surface area (Å²) in [5.74, 6) is 2.37. The van der Waals surface area contributed by atoms with Gasteiger partial charge in [0.05, 0.1) is 0 Å². The summed E-state index contributed by atoms with van der Waals surface area (Å²) in [4.78, 5) is 11.3. The fourth-order valence-corrected chi connectivity index (χ4v) is 4.08. The van der Waals surface area contributed by atoms with E-state index in [1.54, 1.807) is 0 Å². The van der Waals surface area contributed by atoms with Gasteiger partial charge in [-0.1, -0.05) is 32.9 Å². The van der Waals surface area contributed by atoms with Crippen LogP contribution in [0.5, 0.6) is 0 Å². The fourth-order valence-electron chi connectivity index (χ4n) is 4.08. The molecule has 2 N–H and O–H groups in total. The van der Waals surface area contributed by atoms with Crippen molar-refractivity contribution in [2.75, 3.05) is 33.7 Å². The fraction of sp³-hybridized carbons (Fsp3) is 0.818. The normalized spacial score (nSPS) is 36.7. The summed E-state index contributed by atoms with van der Waals surface area (Å²) >= 11 is 0. The summed E-state index contributed by atoms with van der Waals surface area (Å²) in [7, 11) is 3.99. The maximum Gasteiger partial charge on any atom is 0.193 e. The number of hydrogen-bond acceptors (Lipinski definition) is 3. The van der Waals surface area contributed by atoms with Gasteiger partial charge in [0.1, 0.15) is 0 Å². The zero-order valence-corrected chi connectivity index (χ0v) is 18.3. The lowest BCUT2D eigenvalue weighted by molar-refractivity contribution is 0.171. The second kappa shape index (κ2) is 10.3. The van der Waals surface area contributed by atoms with E-state index in [0.717, 1.165) is 44.4 Å². The average molecular weight is 376 g/mol. The molecule has 0 saturated carbocycles. The Hall–Kier alpha value is -1.36. The lowest BCUT2D eigenvalue weighted by atomic mass is 9.78. The van der Waals surface area contributed by atoms with Crippen molar-refractivity contribution in [2.24, 2.45) is 27.2 Å². The van der Waals surface area contributed by atoms with Gasteiger partial charge in [0, 0.05) is 44.7 Å². The summed E-state index contributed by atoms with van der Waals surface area (Å²) in [6.07, 6.45) is 11.3. The van der Waals surface area contributed by atoms with Crippen LogP contribution in [0.15, 0.2) is 22.1 Å². The predicted octanol–water partition coefficient (Wildman–Crippen LogP) is 3.33. The molecule has 5 heteroatoms. The summed E-state index contributed by atoms with van der Waals surface area (Å²) in [5, 5.41) is 7.39. The summed E-state index contributed by atoms with van der Waals surface area (Å²) in [6, 6.07) is 0.959. The zero-order valence-electron chi connectivity index (χ0n) is 18.3. The Kier molecular flexibility index (Phi) is 8.33. The minimum Gasteiger partial charge on any atom is -0.353 e. The second-order valence-corrected chi connectivity index (χ2v) is 9.01. The van der Waals surface area contributed by atoms with Crippen LogP contribution in [0, 0.1) is 17.3 Å². The zero-order chi connectivity index (χ0) is 19.9. The minimum atomic E-state index is 0.189. The highest BCUT2D eigenvalue weighted by Crippen LogP contribution is 2.29. The van der Waals surface area contributed by atoms with Gasteiger partial charge in [-0.3, -0.25) is 4.99 Å². The lowest BCUT2D eigenvalue weighted by Gasteiger charge is -2.45. The Morgan fingerprint density at radius 1 is 1.33 bits per heavy atom. The second-order valence-electron chi connectivity index (χ2n) is 9.01. The van der Waals surface area contributed by atoms with Crippen molar-refractivity contribution in [1.29, 1.82) is 0 Å². The molecule has 5 unspecified atom stereocenters. The number of aliphatic imine (C=N–C) groups is 2. The van der Waals surface area contributed by atoms with Gasteiger partial charge in [-0.2, -0.15) is 0 Å². The summed E-state index contributed by atoms with van der Waals surface area (Å²) < 4.78 is 0. The predicted molar refractivity (Wildman–Crippen MR) is 118 cm³/mol. The van der Waals surface area contributed by atoms with Crippen molar-refractivity contribution in [3.63, 3.8) is 0 Å². The molecule has 1 fully saturated rings. The van der Waals surface area contributed by atoms with Gasteiger partial charge in [0.15, 0.2) is 5.96 Å². The van der Waals surface area contributed by atoms with E-state index < -0.39 is 0 Å². The third-order valence-corrected chi connectivity index (χ3v) is 6.37. The van der Waals surface area contributed by atoms with Crippen molar-refractivity contribution in [1.82, 2.24) is 15.5 Å². The van der Waals surface area contributed by atoms with Crippen LogP contribution >= 0.6 is 0 Å². The molecule has 0 bridgehead atoms. The van der Waals surface area contributed by atoms with E-state index in [1.165, 1.54) is 12.8 Å². The monoisotopic (exact) mass is 375 g/mol. The average Bonchev–Trinajstić information content (AvgIpc) is 2.62. The minimum absolute atomic E-state index is 0.189. The van der Waals surface area contributed by atoms with Crippen molar-refractivity contribution in [3.05, 3.63) is 12.2 Å². The van der Waals surface area contributed by atoms with Crippen LogP contribution in [0.3, 0.4) is 0 Å². The molecule has 0 aromatic rings. The molecule has 5 atom stereocenters. The first-order chi connectivity index (χ1) is 12.9. The maximum atomic E-state index is 4.88. The first-order valence-electron chi connectivity index (χ1n) is 10.7. The van der Waals surface area contributed by atoms with Crippen molar-refractivity contribution in [3.8, 4) is 0 Å². The Morgan fingerprint density at radius 3 is 2.85 bits per heavy atom. The van der Waals surface area contributed by atoms with Gasteiger partial charge in [0.25, 0.3) is 0 Å². The van der Waals surface area contributed by atoms with Crippen LogP contribution in [-0.2, 0) is 0 Å². The lowest BCUT2D eigenvalue weighted by Crippen LogP contribution is -2.60. The Balaban J connectivity index is 1.84. The van der Waals surface area contributed by atoms with E-state index in [1.807, 2.05) is 13.3 Å². The van der Waals surface area contributed by atoms with E-state index >= 15 is 0 Å². The number of nitrogens with zero attached hydrogens (tertiary/aromatic N) is 3. The van der Waals surface area contributed by atoms with Gasteiger partial charge >= 0.3 is 0 Å². The molecule has 0 amide bonds. The molecule has 1 saturated heterocycles. The van der Waals surface area contributed by atoms with E-state index in [0.29, 0.717) is 18.0 Å². The standard InChI is InChI=1S/C22H41N5/c1-17-9-7-10-18(2)20(25-15-17)11-8-13-24-21-26-19(3)22(4,12-14-23-5)16-27(21)6/h7,10,14,17-20,25H,8-9,11-13,15-16H2,1-6H3,(H,24,26). The number of guanidine groups is 1. The summed E-state index contributed by atoms with van der Waals surface area (Å²) in [5.41, 5.74) is 0.189. The Morgan fingerprint density at radius 2 is 2.11 bits per heavy atom. The molecule has 0 radical (unpaired) electrons. The SMILES string of the molecule is CN=CCC1(C)CN(C)C(=NCCCC2NCC(C)CC=CC2C)NC1C. The number of nitrogens with one attached hydrogen (secondary N) is 2. The molecule has 2 aliphatic rings. The van der Waals surface area contributed by atoms with Gasteiger partial charge in [-0.15, -0.1) is 0 Å². The number of rotatable bonds is 6. The Labute approximate surface area is 166 Å². The maximum absolute atomic E-state index is 4.88. The number of hydrogen-bond donors (Lipinski definition) is 2. The molecule has 2 rings (SSSR count). The molecule has 2 heterocycles. The van der Waals surface area contributed by atoms with Crippen LogP contribution in [0.1, 0.15) is 53.4 Å². The van der Waals surface area contributed by atoms with Gasteiger partial charge in [-0.25, -0.2) is 0 Å². The van der Waals surface area contributed by atoms with Crippen LogP contribution < -0.4 is 10.6 Å². The largest absolute Gasteiger partial charge is 0.353 e. The van der Waals surface area contributed by atoms with E-state index in [4.69, 9.17) is 4.99 Å². The molecular formula is C22H41N5. The molecule has 0 aliphatic carbocycles. The first-order valence-corrected chi connectivity index (χ1v) is 10.7. The molecule has 0 aromatic carbocycles. The molecule has 154 valence electrons. The van der Waals surface area contributed by atoms with Crippen molar-refractivity contribution >= 4 is 12.2 Å². The Bertz CT molecular complexity index is 541. The van der Waals surface area contributed by atoms with Gasteiger partial charge < -0.3 is 20.5 Å². The smallest absolute Gasteiger partial charge is 0.193 e. The molecule has 5 nitrogen and oxygen atoms in total. The van der Waals surface area contributed by atoms with Crippen LogP contribution in [0.2, 0.25) is 0 Å². The number of allylic oxidation sites excluding steroid dienone is 1. The van der Waals surface area contributed by atoms with Crippen LogP contribution in [-0.4, -0.2) is 62.9 Å². The van der Waals surface area contributed by atoms with Crippen LogP contribution in [0.4, 0.5) is 0 Å². The molecule has 0 spiro atoms. The first kappa shape index (κ1) is 21.9. The highest BCUT2D eigenvalue weighted by Gasteiger charge is 2.37. The third-order valence-electron chi connectivity index (χ3n) is 6.37. The molecular weight excluding hydrogens is 334 g/mol. The molecule has 2 aliphatic heterocycles. The topological polar surface area (TPSA) is 52.0 Å². The molecule has 0 aromatic heterocycles. The van der Waals surface area contributed by atoms with Crippen molar-refractivity contribution in [2.45, 2.75) is 65.5 Å². The van der Waals surface area contributed by atoms with E-state index in [9.17, 15) is 0 Å². The molecule has 27 heavy (non-hydrogen) atoms. The highest BCUT2D eigenvalue weighted by atomic mass is 15.3. The van der Waals surface area contributed by atoms with Gasteiger partial charge in [0.2, 0.25) is 0 Å². The van der Waals surface area contributed by atoms with Gasteiger partial charge in [-0.05, 0) is 57.2 Å². The van der Waals surface area contributed by atoms with Crippen molar-refractivity contribution < 1.29 is 0 Å². The van der Waals surface area contributed by atoms with E-state index in [-0.39, 0.29) is 5.41 Å². The summed E-state index contributed by atoms with van der Waals surface area (Å²) in [6.45, 7) is 12.3. The highest BCUT2D eigenvalue weighted by molar-refractivity contribution is 5.81. The van der Waals surface area contributed by atoms with Crippen LogP contribution in [0.25, 0.3) is 0 Å². The quantitative estimate of drug-likeness (QED) is 0.425. The van der Waals surface area contributed by atoms with E-state index in [2.05, 4.69) is 67.4 Å².